The molecule has 0 bridgehead atoms. The number of hydrogen-bond acceptors (Lipinski definition) is 3. The third-order valence-corrected chi connectivity index (χ3v) is 2.93. The fourth-order valence-electron chi connectivity index (χ4n) is 1.85. The minimum absolute atomic E-state index is 0.0675. The zero-order chi connectivity index (χ0) is 15.4. The molecule has 1 aromatic heterocycles. The van der Waals surface area contributed by atoms with Gasteiger partial charge in [-0.1, -0.05) is 0 Å². The van der Waals surface area contributed by atoms with Gasteiger partial charge in [-0.3, -0.25) is 9.78 Å². The van der Waals surface area contributed by atoms with Gasteiger partial charge < -0.3 is 4.90 Å². The smallest absolute Gasteiger partial charge is 0.256 e. The van der Waals surface area contributed by atoms with Crippen LogP contribution in [0.2, 0.25) is 0 Å². The lowest BCUT2D eigenvalue weighted by Gasteiger charge is -2.18. The molecule has 0 aliphatic rings. The number of carbonyl (C=O) groups excluding carboxylic acids is 1. The largest absolute Gasteiger partial charge is 0.337 e. The normalized spacial score (nSPS) is 10.0. The van der Waals surface area contributed by atoms with E-state index in [1.54, 1.807) is 0 Å². The van der Waals surface area contributed by atoms with Crippen LogP contribution in [0.25, 0.3) is 0 Å². The molecule has 0 spiro atoms. The number of aromatic nitrogens is 1. The topological polar surface area (TPSA) is 57.0 Å². The maximum absolute atomic E-state index is 13.7. The van der Waals surface area contributed by atoms with Crippen LogP contribution in [-0.2, 0) is 6.54 Å². The van der Waals surface area contributed by atoms with Gasteiger partial charge in [-0.2, -0.15) is 5.26 Å². The van der Waals surface area contributed by atoms with Crippen LogP contribution < -0.4 is 0 Å². The van der Waals surface area contributed by atoms with Crippen molar-refractivity contribution in [2.75, 3.05) is 7.05 Å². The fraction of sp³-hybridized carbons (Fsp3) is 0.133. The molecule has 0 saturated heterocycles. The standard InChI is InChI=1S/C15H11F2N3O/c1-20(15(21)12-4-5-19-8-14(12)17)9-11-6-10(7-18)2-3-13(11)16/h2-6,8H,9H2,1H3. The van der Waals surface area contributed by atoms with E-state index in [-0.39, 0.29) is 17.7 Å². The van der Waals surface area contributed by atoms with E-state index in [0.29, 0.717) is 5.56 Å². The lowest BCUT2D eigenvalue weighted by molar-refractivity contribution is 0.0779. The summed E-state index contributed by atoms with van der Waals surface area (Å²) in [6.07, 6.45) is 2.25. The van der Waals surface area contributed by atoms with Gasteiger partial charge in [0.2, 0.25) is 0 Å². The molecule has 0 aliphatic heterocycles. The van der Waals surface area contributed by atoms with Crippen LogP contribution in [0.5, 0.6) is 0 Å². The molecular weight excluding hydrogens is 276 g/mol. The van der Waals surface area contributed by atoms with E-state index in [1.807, 2.05) is 6.07 Å². The molecule has 1 heterocycles. The molecule has 106 valence electrons. The van der Waals surface area contributed by atoms with Crippen molar-refractivity contribution < 1.29 is 13.6 Å². The van der Waals surface area contributed by atoms with Crippen molar-refractivity contribution in [3.05, 3.63) is 65.0 Å². The van der Waals surface area contributed by atoms with Crippen molar-refractivity contribution in [2.24, 2.45) is 0 Å². The van der Waals surface area contributed by atoms with Crippen LogP contribution in [0.15, 0.2) is 36.7 Å². The molecular formula is C15H11F2N3O. The van der Waals surface area contributed by atoms with E-state index < -0.39 is 17.5 Å². The maximum atomic E-state index is 13.7. The highest BCUT2D eigenvalue weighted by atomic mass is 19.1. The van der Waals surface area contributed by atoms with Crippen molar-refractivity contribution in [2.45, 2.75) is 6.54 Å². The van der Waals surface area contributed by atoms with Crippen LogP contribution in [0.3, 0.4) is 0 Å². The van der Waals surface area contributed by atoms with E-state index in [2.05, 4.69) is 4.98 Å². The molecule has 2 aromatic rings. The zero-order valence-electron chi connectivity index (χ0n) is 11.2. The van der Waals surface area contributed by atoms with Crippen LogP contribution in [-0.4, -0.2) is 22.8 Å². The van der Waals surface area contributed by atoms with Crippen molar-refractivity contribution in [3.8, 4) is 6.07 Å². The molecule has 0 unspecified atom stereocenters. The van der Waals surface area contributed by atoms with E-state index >= 15 is 0 Å². The Morgan fingerprint density at radius 2 is 2.10 bits per heavy atom. The highest BCUT2D eigenvalue weighted by Crippen LogP contribution is 2.15. The Morgan fingerprint density at radius 1 is 1.33 bits per heavy atom. The molecule has 0 atom stereocenters. The van der Waals surface area contributed by atoms with Gasteiger partial charge in [0.05, 0.1) is 23.4 Å². The van der Waals surface area contributed by atoms with E-state index in [0.717, 1.165) is 6.20 Å². The Balaban J connectivity index is 2.22. The highest BCUT2D eigenvalue weighted by molar-refractivity contribution is 5.94. The summed E-state index contributed by atoms with van der Waals surface area (Å²) in [5.41, 5.74) is 0.353. The molecule has 0 N–H and O–H groups in total. The number of halogens is 2. The Labute approximate surface area is 120 Å². The highest BCUT2D eigenvalue weighted by Gasteiger charge is 2.17. The molecule has 2 rings (SSSR count). The van der Waals surface area contributed by atoms with Gasteiger partial charge in [-0.05, 0) is 24.3 Å². The minimum atomic E-state index is -0.736. The fourth-order valence-corrected chi connectivity index (χ4v) is 1.85. The van der Waals surface area contributed by atoms with Gasteiger partial charge in [-0.25, -0.2) is 8.78 Å². The molecule has 4 nitrogen and oxygen atoms in total. The van der Waals surface area contributed by atoms with Crippen molar-refractivity contribution >= 4 is 5.91 Å². The molecule has 0 aliphatic carbocycles. The second-order valence-electron chi connectivity index (χ2n) is 4.43. The predicted octanol–water partition coefficient (Wildman–Crippen LogP) is 2.50. The van der Waals surface area contributed by atoms with Gasteiger partial charge in [0.15, 0.2) is 5.82 Å². The lowest BCUT2D eigenvalue weighted by atomic mass is 10.1. The lowest BCUT2D eigenvalue weighted by Crippen LogP contribution is -2.27. The first-order valence-electron chi connectivity index (χ1n) is 6.06. The van der Waals surface area contributed by atoms with Crippen LogP contribution in [0, 0.1) is 23.0 Å². The first kappa shape index (κ1) is 14.6. The van der Waals surface area contributed by atoms with Crippen LogP contribution in [0.1, 0.15) is 21.5 Å². The molecule has 1 amide bonds. The summed E-state index contributed by atoms with van der Waals surface area (Å²) >= 11 is 0. The summed E-state index contributed by atoms with van der Waals surface area (Å²) < 4.78 is 27.2. The Bertz CT molecular complexity index is 725. The molecule has 0 fully saturated rings. The number of rotatable bonds is 3. The van der Waals surface area contributed by atoms with Gasteiger partial charge in [0.25, 0.3) is 5.91 Å². The van der Waals surface area contributed by atoms with Gasteiger partial charge in [0, 0.05) is 25.4 Å². The number of amides is 1. The second-order valence-corrected chi connectivity index (χ2v) is 4.43. The first-order chi connectivity index (χ1) is 10.0. The molecule has 1 aromatic carbocycles. The van der Waals surface area contributed by atoms with Crippen LogP contribution in [0.4, 0.5) is 8.78 Å². The number of nitriles is 1. The summed E-state index contributed by atoms with van der Waals surface area (Å²) in [5.74, 6) is -1.85. The third-order valence-electron chi connectivity index (χ3n) is 2.93. The summed E-state index contributed by atoms with van der Waals surface area (Å²) in [7, 11) is 1.43. The average molecular weight is 287 g/mol. The van der Waals surface area contributed by atoms with Crippen LogP contribution >= 0.6 is 0 Å². The number of hydrogen-bond donors (Lipinski definition) is 0. The quantitative estimate of drug-likeness (QED) is 0.871. The number of pyridine rings is 1. The number of carbonyl (C=O) groups is 1. The van der Waals surface area contributed by atoms with Gasteiger partial charge in [0.1, 0.15) is 5.82 Å². The Morgan fingerprint density at radius 3 is 2.76 bits per heavy atom. The monoisotopic (exact) mass is 287 g/mol. The predicted molar refractivity (Wildman–Crippen MR) is 71.1 cm³/mol. The SMILES string of the molecule is CN(Cc1cc(C#N)ccc1F)C(=O)c1ccncc1F. The maximum Gasteiger partial charge on any atom is 0.256 e. The summed E-state index contributed by atoms with van der Waals surface area (Å²) in [4.78, 5) is 16.9. The molecule has 6 heteroatoms. The third kappa shape index (κ3) is 3.20. The summed E-state index contributed by atoms with van der Waals surface area (Å²) in [6, 6.07) is 7.04. The first-order valence-corrected chi connectivity index (χ1v) is 6.06. The molecule has 0 radical (unpaired) electrons. The van der Waals surface area contributed by atoms with Gasteiger partial charge >= 0.3 is 0 Å². The van der Waals surface area contributed by atoms with E-state index in [9.17, 15) is 13.6 Å². The van der Waals surface area contributed by atoms with Crippen molar-refractivity contribution in [3.63, 3.8) is 0 Å². The number of benzene rings is 1. The molecule has 21 heavy (non-hydrogen) atoms. The Kier molecular flexibility index (Phi) is 4.24. The summed E-state index contributed by atoms with van der Waals surface area (Å²) in [6.45, 7) is -0.0675. The van der Waals surface area contributed by atoms with Gasteiger partial charge in [-0.15, -0.1) is 0 Å². The minimum Gasteiger partial charge on any atom is -0.337 e. The van der Waals surface area contributed by atoms with Crippen molar-refractivity contribution in [1.82, 2.24) is 9.88 Å². The zero-order valence-corrected chi connectivity index (χ0v) is 11.2. The second kappa shape index (κ2) is 6.09. The number of nitrogens with zero attached hydrogens (tertiary/aromatic N) is 3. The van der Waals surface area contributed by atoms with Crippen molar-refractivity contribution in [1.29, 1.82) is 5.26 Å². The van der Waals surface area contributed by atoms with E-state index in [4.69, 9.17) is 5.26 Å². The Hall–Kier alpha value is -2.81. The van der Waals surface area contributed by atoms with E-state index in [1.165, 1.54) is 42.4 Å². The average Bonchev–Trinajstić information content (AvgIpc) is 2.49. The molecule has 0 saturated carbocycles. The summed E-state index contributed by atoms with van der Waals surface area (Å²) in [5, 5.41) is 8.80.